The van der Waals surface area contributed by atoms with E-state index in [2.05, 4.69) is 5.32 Å². The number of fused-ring (bicyclic) bond motifs is 1. The summed E-state index contributed by atoms with van der Waals surface area (Å²) in [5.74, 6) is -2.03. The third-order valence-electron chi connectivity index (χ3n) is 4.75. The van der Waals surface area contributed by atoms with Crippen molar-refractivity contribution in [2.45, 2.75) is 18.9 Å². The predicted molar refractivity (Wildman–Crippen MR) is 86.1 cm³/mol. The number of nitrogens with zero attached hydrogens (tertiary/aromatic N) is 2. The van der Waals surface area contributed by atoms with Crippen LogP contribution < -0.4 is 14.8 Å². The van der Waals surface area contributed by atoms with Crippen molar-refractivity contribution in [1.82, 2.24) is 5.32 Å². The van der Waals surface area contributed by atoms with E-state index in [1.165, 1.54) is 12.3 Å². The van der Waals surface area contributed by atoms with E-state index < -0.39 is 11.8 Å². The van der Waals surface area contributed by atoms with Crippen LogP contribution in [-0.4, -0.2) is 42.4 Å². The number of carboxylic acid groups (broad SMARTS) is 1. The Hall–Kier alpha value is -2.41. The summed E-state index contributed by atoms with van der Waals surface area (Å²) in [6.45, 7) is 3.02. The van der Waals surface area contributed by atoms with Crippen molar-refractivity contribution in [3.63, 3.8) is 0 Å². The topological polar surface area (TPSA) is 76.7 Å². The maximum absolute atomic E-state index is 14.6. The maximum atomic E-state index is 14.6. The lowest BCUT2D eigenvalue weighted by Crippen LogP contribution is -2.44. The van der Waals surface area contributed by atoms with Crippen LogP contribution in [0.1, 0.15) is 29.2 Å². The molecule has 7 heteroatoms. The van der Waals surface area contributed by atoms with E-state index in [-0.39, 0.29) is 22.7 Å². The molecule has 0 unspecified atom stereocenters. The Bertz CT molecular complexity index is 830. The highest BCUT2D eigenvalue weighted by molar-refractivity contribution is 5.98. The number of hydrogen-bond acceptors (Lipinski definition) is 4. The van der Waals surface area contributed by atoms with Gasteiger partial charge in [-0.05, 0) is 6.07 Å². The van der Waals surface area contributed by atoms with E-state index in [0.29, 0.717) is 24.3 Å². The van der Waals surface area contributed by atoms with Crippen molar-refractivity contribution in [2.24, 2.45) is 0 Å². The lowest BCUT2D eigenvalue weighted by Gasteiger charge is -2.29. The zero-order valence-corrected chi connectivity index (χ0v) is 13.1. The van der Waals surface area contributed by atoms with Gasteiger partial charge in [0.15, 0.2) is 17.8 Å². The molecule has 0 bridgehead atoms. The van der Waals surface area contributed by atoms with Crippen LogP contribution in [0.5, 0.6) is 5.75 Å². The normalized spacial score (nSPS) is 18.1. The number of halogens is 1. The van der Waals surface area contributed by atoms with Gasteiger partial charge in [-0.25, -0.2) is 9.18 Å². The van der Waals surface area contributed by atoms with Crippen LogP contribution >= 0.6 is 0 Å². The highest BCUT2D eigenvalue weighted by Gasteiger charge is 2.36. The van der Waals surface area contributed by atoms with Crippen LogP contribution in [-0.2, 0) is 0 Å². The predicted octanol–water partition coefficient (Wildman–Crippen LogP) is 1.41. The van der Waals surface area contributed by atoms with Crippen molar-refractivity contribution in [3.8, 4) is 5.75 Å². The molecular weight excluding hydrogens is 313 g/mol. The van der Waals surface area contributed by atoms with Crippen molar-refractivity contribution < 1.29 is 24.0 Å². The Morgan fingerprint density at radius 3 is 2.62 bits per heavy atom. The SMILES string of the molecule is O=C(O)c1c[n+](C2CC2)c2cc(N3CCNCC3)c(F)cc2c1O. The Balaban J connectivity index is 1.93. The zero-order valence-electron chi connectivity index (χ0n) is 13.1. The van der Waals surface area contributed by atoms with Crippen LogP contribution in [0.4, 0.5) is 10.1 Å². The third-order valence-corrected chi connectivity index (χ3v) is 4.75. The van der Waals surface area contributed by atoms with Gasteiger partial charge in [-0.15, -0.1) is 0 Å². The molecule has 2 aliphatic rings. The van der Waals surface area contributed by atoms with Gasteiger partial charge in [-0.2, -0.15) is 4.57 Å². The number of aromatic carboxylic acids is 1. The van der Waals surface area contributed by atoms with E-state index in [1.54, 1.807) is 6.07 Å². The molecule has 0 spiro atoms. The minimum absolute atomic E-state index is 0.191. The van der Waals surface area contributed by atoms with Crippen molar-refractivity contribution in [1.29, 1.82) is 0 Å². The lowest BCUT2D eigenvalue weighted by atomic mass is 10.1. The molecule has 2 fully saturated rings. The second-order valence-electron chi connectivity index (χ2n) is 6.39. The van der Waals surface area contributed by atoms with Gasteiger partial charge in [0.05, 0.1) is 11.1 Å². The van der Waals surface area contributed by atoms with E-state index in [1.807, 2.05) is 9.47 Å². The molecule has 4 rings (SSSR count). The fourth-order valence-electron chi connectivity index (χ4n) is 3.33. The zero-order chi connectivity index (χ0) is 16.8. The molecule has 2 heterocycles. The van der Waals surface area contributed by atoms with Gasteiger partial charge in [0.2, 0.25) is 5.52 Å². The standard InChI is InChI=1S/C17H18FN3O3/c18-13-7-11-14(8-15(13)20-5-3-19-4-6-20)21(10-1-2-10)9-12(16(11)22)17(23)24/h7-10,19H,1-6H2,(H,23,24)/p+1. The number of benzene rings is 1. The van der Waals surface area contributed by atoms with E-state index in [4.69, 9.17) is 0 Å². The average molecular weight is 332 g/mol. The monoisotopic (exact) mass is 332 g/mol. The Labute approximate surface area is 138 Å². The molecule has 1 aliphatic carbocycles. The van der Waals surface area contributed by atoms with E-state index >= 15 is 0 Å². The summed E-state index contributed by atoms with van der Waals surface area (Å²) in [5, 5.41) is 23.1. The summed E-state index contributed by atoms with van der Waals surface area (Å²) in [7, 11) is 0. The number of nitrogens with one attached hydrogen (secondary N) is 1. The largest absolute Gasteiger partial charge is 0.506 e. The van der Waals surface area contributed by atoms with Crippen LogP contribution in [0.3, 0.4) is 0 Å². The lowest BCUT2D eigenvalue weighted by molar-refractivity contribution is -0.675. The summed E-state index contributed by atoms with van der Waals surface area (Å²) in [5.41, 5.74) is 0.986. The van der Waals surface area contributed by atoms with Gasteiger partial charge in [-0.1, -0.05) is 0 Å². The molecule has 3 N–H and O–H groups in total. The second-order valence-corrected chi connectivity index (χ2v) is 6.39. The van der Waals surface area contributed by atoms with E-state index in [0.717, 1.165) is 25.9 Å². The van der Waals surface area contributed by atoms with Crippen LogP contribution in [0.25, 0.3) is 10.9 Å². The molecule has 24 heavy (non-hydrogen) atoms. The van der Waals surface area contributed by atoms with Crippen molar-refractivity contribution in [3.05, 3.63) is 29.7 Å². The fourth-order valence-corrected chi connectivity index (χ4v) is 3.33. The average Bonchev–Trinajstić information content (AvgIpc) is 3.40. The first-order valence-electron chi connectivity index (χ1n) is 8.15. The number of piperazine rings is 1. The van der Waals surface area contributed by atoms with Crippen molar-refractivity contribution in [2.75, 3.05) is 31.1 Å². The number of hydrogen-bond donors (Lipinski definition) is 3. The number of carbonyl (C=O) groups is 1. The molecule has 0 amide bonds. The number of pyridine rings is 1. The van der Waals surface area contributed by atoms with Gasteiger partial charge in [0, 0.05) is 45.1 Å². The van der Waals surface area contributed by atoms with Gasteiger partial charge in [-0.3, -0.25) is 0 Å². The molecule has 0 radical (unpaired) electrons. The number of aromatic nitrogens is 1. The molecule has 1 aromatic carbocycles. The van der Waals surface area contributed by atoms with Crippen LogP contribution in [0, 0.1) is 5.82 Å². The summed E-state index contributed by atoms with van der Waals surface area (Å²) in [4.78, 5) is 13.4. The second kappa shape index (κ2) is 5.59. The molecule has 2 aromatic rings. The molecule has 1 saturated heterocycles. The van der Waals surface area contributed by atoms with Gasteiger partial charge in [0.25, 0.3) is 0 Å². The van der Waals surface area contributed by atoms with E-state index in [9.17, 15) is 19.4 Å². The Morgan fingerprint density at radius 2 is 2.00 bits per heavy atom. The minimum Gasteiger partial charge on any atom is -0.506 e. The first-order valence-corrected chi connectivity index (χ1v) is 8.15. The molecule has 1 aliphatic heterocycles. The van der Waals surface area contributed by atoms with Gasteiger partial charge < -0.3 is 20.4 Å². The third kappa shape index (κ3) is 2.45. The van der Waals surface area contributed by atoms with Gasteiger partial charge >= 0.3 is 5.97 Å². The summed E-state index contributed by atoms with van der Waals surface area (Å²) >= 11 is 0. The van der Waals surface area contributed by atoms with Crippen molar-refractivity contribution >= 4 is 22.6 Å². The molecule has 6 nitrogen and oxygen atoms in total. The maximum Gasteiger partial charge on any atom is 0.345 e. The summed E-state index contributed by atoms with van der Waals surface area (Å²) in [6.07, 6.45) is 3.39. The summed E-state index contributed by atoms with van der Waals surface area (Å²) in [6, 6.07) is 3.21. The molecule has 1 saturated carbocycles. The molecule has 126 valence electrons. The smallest absolute Gasteiger partial charge is 0.345 e. The quantitative estimate of drug-likeness (QED) is 0.741. The fraction of sp³-hybridized carbons (Fsp3) is 0.412. The van der Waals surface area contributed by atoms with Gasteiger partial charge in [0.1, 0.15) is 11.6 Å². The van der Waals surface area contributed by atoms with Crippen LogP contribution in [0.2, 0.25) is 0 Å². The molecular formula is C17H19FN3O3+. The minimum atomic E-state index is -1.21. The Kier molecular flexibility index (Phi) is 3.53. The highest BCUT2D eigenvalue weighted by Crippen LogP contribution is 2.36. The highest BCUT2D eigenvalue weighted by atomic mass is 19.1. The number of rotatable bonds is 3. The number of aromatic hydroxyl groups is 1. The molecule has 1 aromatic heterocycles. The number of carboxylic acids is 1. The first kappa shape index (κ1) is 15.1. The van der Waals surface area contributed by atoms with Crippen LogP contribution in [0.15, 0.2) is 18.3 Å². The number of anilines is 1. The Morgan fingerprint density at radius 1 is 1.29 bits per heavy atom. The summed E-state index contributed by atoms with van der Waals surface area (Å²) < 4.78 is 16.5. The first-order chi connectivity index (χ1) is 11.6. The molecule has 0 atom stereocenters.